The van der Waals surface area contributed by atoms with Gasteiger partial charge in [0.25, 0.3) is 0 Å². The fourth-order valence-electron chi connectivity index (χ4n) is 2.14. The van der Waals surface area contributed by atoms with E-state index in [2.05, 4.69) is 41.3 Å². The molecule has 1 aromatic heterocycles. The second-order valence-electron chi connectivity index (χ2n) is 4.58. The van der Waals surface area contributed by atoms with E-state index >= 15 is 0 Å². The van der Waals surface area contributed by atoms with Crippen LogP contribution in [0.5, 0.6) is 5.75 Å². The third-order valence-corrected chi connectivity index (χ3v) is 3.21. The van der Waals surface area contributed by atoms with E-state index in [-0.39, 0.29) is 6.04 Å². The average molecular weight is 257 g/mol. The van der Waals surface area contributed by atoms with Gasteiger partial charge in [0.1, 0.15) is 5.75 Å². The van der Waals surface area contributed by atoms with Crippen LogP contribution in [0.25, 0.3) is 0 Å². The Balaban J connectivity index is 2.25. The number of anilines is 1. The Labute approximate surface area is 113 Å². The van der Waals surface area contributed by atoms with E-state index in [4.69, 9.17) is 4.74 Å². The standard InChI is InChI=1S/C15H19N3O/c1-10-5-6-13(11(2)15(10)19-4)18-12(3)14-9-16-7-8-17-14/h5-9,12,18H,1-4H3. The minimum Gasteiger partial charge on any atom is -0.496 e. The van der Waals surface area contributed by atoms with Crippen molar-refractivity contribution in [3.8, 4) is 5.75 Å². The van der Waals surface area contributed by atoms with Crippen molar-refractivity contribution in [2.24, 2.45) is 0 Å². The zero-order chi connectivity index (χ0) is 13.8. The molecule has 2 rings (SSSR count). The molecular weight excluding hydrogens is 238 g/mol. The summed E-state index contributed by atoms with van der Waals surface area (Å²) in [5.41, 5.74) is 4.22. The molecule has 100 valence electrons. The molecule has 0 fully saturated rings. The van der Waals surface area contributed by atoms with Crippen LogP contribution >= 0.6 is 0 Å². The Kier molecular flexibility index (Phi) is 4.00. The summed E-state index contributed by atoms with van der Waals surface area (Å²) in [5, 5.41) is 3.45. The minimum atomic E-state index is 0.0970. The Morgan fingerprint density at radius 3 is 2.63 bits per heavy atom. The molecule has 1 aromatic carbocycles. The van der Waals surface area contributed by atoms with Crippen molar-refractivity contribution in [3.05, 3.63) is 47.5 Å². The molecule has 4 nitrogen and oxygen atoms in total. The van der Waals surface area contributed by atoms with Crippen molar-refractivity contribution in [2.75, 3.05) is 12.4 Å². The van der Waals surface area contributed by atoms with E-state index in [9.17, 15) is 0 Å². The lowest BCUT2D eigenvalue weighted by atomic mass is 10.1. The highest BCUT2D eigenvalue weighted by molar-refractivity contribution is 5.60. The number of nitrogens with zero attached hydrogens (tertiary/aromatic N) is 2. The quantitative estimate of drug-likeness (QED) is 0.913. The largest absolute Gasteiger partial charge is 0.496 e. The first-order valence-corrected chi connectivity index (χ1v) is 6.30. The summed E-state index contributed by atoms with van der Waals surface area (Å²) in [4.78, 5) is 8.40. The number of aryl methyl sites for hydroxylation is 1. The molecule has 0 saturated heterocycles. The predicted octanol–water partition coefficient (Wildman–Crippen LogP) is 3.28. The lowest BCUT2D eigenvalue weighted by Gasteiger charge is -2.18. The van der Waals surface area contributed by atoms with Crippen molar-refractivity contribution in [2.45, 2.75) is 26.8 Å². The van der Waals surface area contributed by atoms with Gasteiger partial charge in [-0.25, -0.2) is 0 Å². The van der Waals surface area contributed by atoms with E-state index in [1.807, 2.05) is 6.92 Å². The molecule has 0 aliphatic carbocycles. The molecule has 0 aliphatic heterocycles. The molecule has 1 heterocycles. The highest BCUT2D eigenvalue weighted by Gasteiger charge is 2.11. The van der Waals surface area contributed by atoms with Gasteiger partial charge in [-0.1, -0.05) is 6.07 Å². The molecule has 0 aliphatic rings. The molecule has 0 saturated carbocycles. The highest BCUT2D eigenvalue weighted by Crippen LogP contribution is 2.30. The van der Waals surface area contributed by atoms with Crippen molar-refractivity contribution in [3.63, 3.8) is 0 Å². The normalized spacial score (nSPS) is 12.0. The second kappa shape index (κ2) is 5.69. The molecule has 0 radical (unpaired) electrons. The monoisotopic (exact) mass is 257 g/mol. The number of hydrogen-bond donors (Lipinski definition) is 1. The van der Waals surface area contributed by atoms with Gasteiger partial charge in [-0.3, -0.25) is 9.97 Å². The fourth-order valence-corrected chi connectivity index (χ4v) is 2.14. The van der Waals surface area contributed by atoms with Crippen LogP contribution in [0.3, 0.4) is 0 Å². The molecular formula is C15H19N3O. The van der Waals surface area contributed by atoms with Crippen LogP contribution in [-0.2, 0) is 0 Å². The maximum atomic E-state index is 5.44. The van der Waals surface area contributed by atoms with Gasteiger partial charge in [-0.05, 0) is 32.4 Å². The maximum absolute atomic E-state index is 5.44. The lowest BCUT2D eigenvalue weighted by Crippen LogP contribution is -2.10. The summed E-state index contributed by atoms with van der Waals surface area (Å²) in [6.07, 6.45) is 5.16. The summed E-state index contributed by atoms with van der Waals surface area (Å²) in [7, 11) is 1.70. The van der Waals surface area contributed by atoms with Crippen LogP contribution in [0.2, 0.25) is 0 Å². The van der Waals surface area contributed by atoms with Gasteiger partial charge in [0.05, 0.1) is 25.0 Å². The summed E-state index contributed by atoms with van der Waals surface area (Å²) in [5.74, 6) is 0.927. The fraction of sp³-hybridized carbons (Fsp3) is 0.333. The van der Waals surface area contributed by atoms with Crippen molar-refractivity contribution in [1.82, 2.24) is 9.97 Å². The summed E-state index contributed by atoms with van der Waals surface area (Å²) >= 11 is 0. The summed E-state index contributed by atoms with van der Waals surface area (Å²) in [6, 6.07) is 4.22. The second-order valence-corrected chi connectivity index (χ2v) is 4.58. The van der Waals surface area contributed by atoms with Crippen molar-refractivity contribution >= 4 is 5.69 Å². The Bertz CT molecular complexity index is 555. The Morgan fingerprint density at radius 1 is 1.21 bits per heavy atom. The number of nitrogens with one attached hydrogen (secondary N) is 1. The van der Waals surface area contributed by atoms with Gasteiger partial charge in [0.2, 0.25) is 0 Å². The van der Waals surface area contributed by atoms with Crippen LogP contribution in [0.1, 0.15) is 29.8 Å². The summed E-state index contributed by atoms with van der Waals surface area (Å²) in [6.45, 7) is 6.16. The molecule has 1 atom stereocenters. The molecule has 1 unspecified atom stereocenters. The molecule has 0 amide bonds. The Hall–Kier alpha value is -2.10. The zero-order valence-corrected chi connectivity index (χ0v) is 11.8. The smallest absolute Gasteiger partial charge is 0.126 e. The number of rotatable bonds is 4. The Morgan fingerprint density at radius 2 is 2.00 bits per heavy atom. The average Bonchev–Trinajstić information content (AvgIpc) is 2.43. The van der Waals surface area contributed by atoms with Gasteiger partial charge in [-0.2, -0.15) is 0 Å². The SMILES string of the molecule is COc1c(C)ccc(NC(C)c2cnccn2)c1C. The number of benzene rings is 1. The van der Waals surface area contributed by atoms with Gasteiger partial charge in [0.15, 0.2) is 0 Å². The number of ether oxygens (including phenoxy) is 1. The molecule has 0 spiro atoms. The number of hydrogen-bond acceptors (Lipinski definition) is 4. The highest BCUT2D eigenvalue weighted by atomic mass is 16.5. The topological polar surface area (TPSA) is 47.0 Å². The van der Waals surface area contributed by atoms with Crippen LogP contribution < -0.4 is 10.1 Å². The van der Waals surface area contributed by atoms with E-state index < -0.39 is 0 Å². The molecule has 2 aromatic rings. The predicted molar refractivity (Wildman–Crippen MR) is 76.5 cm³/mol. The van der Waals surface area contributed by atoms with Crippen LogP contribution in [0.15, 0.2) is 30.7 Å². The van der Waals surface area contributed by atoms with Crippen molar-refractivity contribution in [1.29, 1.82) is 0 Å². The van der Waals surface area contributed by atoms with Gasteiger partial charge in [-0.15, -0.1) is 0 Å². The third kappa shape index (κ3) is 2.84. The van der Waals surface area contributed by atoms with Crippen LogP contribution in [-0.4, -0.2) is 17.1 Å². The van der Waals surface area contributed by atoms with E-state index in [0.29, 0.717) is 0 Å². The zero-order valence-electron chi connectivity index (χ0n) is 11.8. The molecule has 4 heteroatoms. The van der Waals surface area contributed by atoms with Crippen LogP contribution in [0.4, 0.5) is 5.69 Å². The lowest BCUT2D eigenvalue weighted by molar-refractivity contribution is 0.409. The molecule has 19 heavy (non-hydrogen) atoms. The molecule has 0 bridgehead atoms. The first kappa shape index (κ1) is 13.3. The maximum Gasteiger partial charge on any atom is 0.126 e. The van der Waals surface area contributed by atoms with Gasteiger partial charge >= 0.3 is 0 Å². The number of methoxy groups -OCH3 is 1. The van der Waals surface area contributed by atoms with Crippen molar-refractivity contribution < 1.29 is 4.74 Å². The van der Waals surface area contributed by atoms with Crippen LogP contribution in [0, 0.1) is 13.8 Å². The van der Waals surface area contributed by atoms with E-state index in [0.717, 1.165) is 28.3 Å². The summed E-state index contributed by atoms with van der Waals surface area (Å²) < 4.78 is 5.44. The van der Waals surface area contributed by atoms with Gasteiger partial charge < -0.3 is 10.1 Å². The van der Waals surface area contributed by atoms with E-state index in [1.54, 1.807) is 25.7 Å². The first-order chi connectivity index (χ1) is 9.13. The molecule has 1 N–H and O–H groups in total. The number of aromatic nitrogens is 2. The minimum absolute atomic E-state index is 0.0970. The van der Waals surface area contributed by atoms with E-state index in [1.165, 1.54) is 0 Å². The van der Waals surface area contributed by atoms with Gasteiger partial charge in [0, 0.05) is 23.6 Å². The first-order valence-electron chi connectivity index (χ1n) is 6.30. The third-order valence-electron chi connectivity index (χ3n) is 3.21.